The van der Waals surface area contributed by atoms with Crippen LogP contribution in [0.1, 0.15) is 30.4 Å². The Balaban J connectivity index is 2.42. The Morgan fingerprint density at radius 1 is 1.19 bits per heavy atom. The average molecular weight is 292 g/mol. The van der Waals surface area contributed by atoms with Gasteiger partial charge in [0, 0.05) is 26.4 Å². The molecule has 0 aromatic heterocycles. The topological polar surface area (TPSA) is 86.7 Å². The van der Waals surface area contributed by atoms with E-state index in [1.54, 1.807) is 7.05 Å². The third-order valence-corrected chi connectivity index (χ3v) is 3.06. The van der Waals surface area contributed by atoms with Crippen LogP contribution in [0, 0.1) is 6.92 Å². The first-order valence-electron chi connectivity index (χ1n) is 6.71. The van der Waals surface area contributed by atoms with E-state index in [1.165, 1.54) is 4.90 Å². The molecule has 3 amide bonds. The maximum absolute atomic E-state index is 11.8. The predicted octanol–water partition coefficient (Wildman–Crippen LogP) is 1.92. The molecule has 0 radical (unpaired) electrons. The highest BCUT2D eigenvalue weighted by Gasteiger charge is 2.13. The highest BCUT2D eigenvalue weighted by atomic mass is 16.4. The molecule has 0 atom stereocenters. The molecule has 1 aromatic carbocycles. The molecule has 6 nitrogen and oxygen atoms in total. The Labute approximate surface area is 123 Å². The van der Waals surface area contributed by atoms with Gasteiger partial charge in [-0.15, -0.1) is 0 Å². The van der Waals surface area contributed by atoms with E-state index in [0.29, 0.717) is 6.54 Å². The van der Waals surface area contributed by atoms with E-state index in [0.717, 1.165) is 11.1 Å². The molecule has 21 heavy (non-hydrogen) atoms. The van der Waals surface area contributed by atoms with Gasteiger partial charge in [0.25, 0.3) is 0 Å². The number of rotatable bonds is 6. The lowest BCUT2D eigenvalue weighted by Crippen LogP contribution is -2.40. The molecule has 1 rings (SSSR count). The Hall–Kier alpha value is -2.37. The standard InChI is InChI=1S/C15H20N2O4/c1-11-6-3-4-7-12(11)10-17(2)15(21)16-13(18)8-5-9-14(19)20/h3-4,6-7H,5,8-10H2,1-2H3,(H,19,20)(H,16,18,21). The van der Waals surface area contributed by atoms with E-state index < -0.39 is 17.9 Å². The summed E-state index contributed by atoms with van der Waals surface area (Å²) < 4.78 is 0. The zero-order valence-corrected chi connectivity index (χ0v) is 12.3. The smallest absolute Gasteiger partial charge is 0.324 e. The number of hydrogen-bond acceptors (Lipinski definition) is 3. The van der Waals surface area contributed by atoms with Gasteiger partial charge < -0.3 is 10.0 Å². The van der Waals surface area contributed by atoms with Gasteiger partial charge in [-0.1, -0.05) is 24.3 Å². The van der Waals surface area contributed by atoms with Gasteiger partial charge in [-0.25, -0.2) is 4.79 Å². The number of hydrogen-bond donors (Lipinski definition) is 2. The first-order chi connectivity index (χ1) is 9.90. The Kier molecular flexibility index (Phi) is 6.39. The van der Waals surface area contributed by atoms with Crippen LogP contribution in [-0.4, -0.2) is 35.0 Å². The van der Waals surface area contributed by atoms with Crippen molar-refractivity contribution < 1.29 is 19.5 Å². The number of nitrogens with zero attached hydrogens (tertiary/aromatic N) is 1. The first kappa shape index (κ1) is 16.7. The van der Waals surface area contributed by atoms with Crippen molar-refractivity contribution in [2.24, 2.45) is 0 Å². The van der Waals surface area contributed by atoms with Gasteiger partial charge in [0.1, 0.15) is 0 Å². The lowest BCUT2D eigenvalue weighted by atomic mass is 10.1. The summed E-state index contributed by atoms with van der Waals surface area (Å²) in [5, 5.41) is 10.7. The van der Waals surface area contributed by atoms with Gasteiger partial charge in [-0.3, -0.25) is 14.9 Å². The molecule has 2 N–H and O–H groups in total. The van der Waals surface area contributed by atoms with Gasteiger partial charge in [-0.2, -0.15) is 0 Å². The number of urea groups is 1. The number of carbonyl (C=O) groups excluding carboxylic acids is 2. The van der Waals surface area contributed by atoms with Crippen molar-refractivity contribution in [2.45, 2.75) is 32.7 Å². The number of carboxylic acid groups (broad SMARTS) is 1. The minimum atomic E-state index is -0.953. The van der Waals surface area contributed by atoms with Crippen LogP contribution in [0.25, 0.3) is 0 Å². The van der Waals surface area contributed by atoms with E-state index in [-0.39, 0.29) is 19.3 Å². The van der Waals surface area contributed by atoms with Crippen molar-refractivity contribution in [3.8, 4) is 0 Å². The van der Waals surface area contributed by atoms with Crippen molar-refractivity contribution >= 4 is 17.9 Å². The third-order valence-electron chi connectivity index (χ3n) is 3.06. The maximum atomic E-state index is 11.8. The van der Waals surface area contributed by atoms with Crippen LogP contribution >= 0.6 is 0 Å². The van der Waals surface area contributed by atoms with Crippen LogP contribution in [0.3, 0.4) is 0 Å². The molecule has 0 aliphatic carbocycles. The van der Waals surface area contributed by atoms with E-state index in [4.69, 9.17) is 5.11 Å². The first-order valence-corrected chi connectivity index (χ1v) is 6.71. The Morgan fingerprint density at radius 2 is 1.86 bits per heavy atom. The molecule has 0 saturated heterocycles. The summed E-state index contributed by atoms with van der Waals surface area (Å²) in [6.45, 7) is 2.36. The normalized spacial score (nSPS) is 10.0. The average Bonchev–Trinajstić information content (AvgIpc) is 2.40. The van der Waals surface area contributed by atoms with Crippen LogP contribution in [-0.2, 0) is 16.1 Å². The van der Waals surface area contributed by atoms with Crippen molar-refractivity contribution in [3.05, 3.63) is 35.4 Å². The molecule has 0 fully saturated rings. The minimum Gasteiger partial charge on any atom is -0.481 e. The van der Waals surface area contributed by atoms with Crippen LogP contribution in [0.2, 0.25) is 0 Å². The molecule has 0 aliphatic rings. The van der Waals surface area contributed by atoms with Gasteiger partial charge in [-0.05, 0) is 24.5 Å². The second-order valence-electron chi connectivity index (χ2n) is 4.88. The fraction of sp³-hybridized carbons (Fsp3) is 0.400. The van der Waals surface area contributed by atoms with E-state index in [1.807, 2.05) is 31.2 Å². The minimum absolute atomic E-state index is 0.0241. The number of imide groups is 1. The third kappa shape index (κ3) is 6.07. The van der Waals surface area contributed by atoms with Crippen LogP contribution in [0.4, 0.5) is 4.79 Å². The molecule has 0 spiro atoms. The van der Waals surface area contributed by atoms with E-state index in [9.17, 15) is 14.4 Å². The predicted molar refractivity (Wildman–Crippen MR) is 77.7 cm³/mol. The van der Waals surface area contributed by atoms with Crippen molar-refractivity contribution in [2.75, 3.05) is 7.05 Å². The lowest BCUT2D eigenvalue weighted by Gasteiger charge is -2.18. The molecule has 0 aliphatic heterocycles. The second kappa shape index (κ2) is 8.04. The van der Waals surface area contributed by atoms with Gasteiger partial charge in [0.15, 0.2) is 0 Å². The van der Waals surface area contributed by atoms with Crippen molar-refractivity contribution in [1.82, 2.24) is 10.2 Å². The molecule has 0 heterocycles. The number of amides is 3. The molecule has 114 valence electrons. The van der Waals surface area contributed by atoms with Gasteiger partial charge in [0.2, 0.25) is 5.91 Å². The highest BCUT2D eigenvalue weighted by molar-refractivity contribution is 5.94. The van der Waals surface area contributed by atoms with Crippen LogP contribution in [0.5, 0.6) is 0 Å². The number of aryl methyl sites for hydroxylation is 1. The summed E-state index contributed by atoms with van der Waals surface area (Å²) in [6, 6.07) is 7.21. The number of benzene rings is 1. The SMILES string of the molecule is Cc1ccccc1CN(C)C(=O)NC(=O)CCCC(=O)O. The highest BCUT2D eigenvalue weighted by Crippen LogP contribution is 2.09. The number of carbonyl (C=O) groups is 3. The summed E-state index contributed by atoms with van der Waals surface area (Å²) in [4.78, 5) is 35.1. The van der Waals surface area contributed by atoms with E-state index >= 15 is 0 Å². The number of aliphatic carboxylic acids is 1. The largest absolute Gasteiger partial charge is 0.481 e. The lowest BCUT2D eigenvalue weighted by molar-refractivity contribution is -0.137. The molecular weight excluding hydrogens is 272 g/mol. The summed E-state index contributed by atoms with van der Waals surface area (Å²) >= 11 is 0. The summed E-state index contributed by atoms with van der Waals surface area (Å²) in [5.74, 6) is -1.41. The maximum Gasteiger partial charge on any atom is 0.324 e. The van der Waals surface area contributed by atoms with Gasteiger partial charge in [0.05, 0.1) is 0 Å². The molecule has 6 heteroatoms. The summed E-state index contributed by atoms with van der Waals surface area (Å²) in [6.07, 6.45) is 0.160. The Bertz CT molecular complexity index is 528. The van der Waals surface area contributed by atoms with Crippen LogP contribution in [0.15, 0.2) is 24.3 Å². The van der Waals surface area contributed by atoms with Crippen LogP contribution < -0.4 is 5.32 Å². The number of carboxylic acids is 1. The quantitative estimate of drug-likeness (QED) is 0.838. The Morgan fingerprint density at radius 3 is 2.48 bits per heavy atom. The summed E-state index contributed by atoms with van der Waals surface area (Å²) in [5.41, 5.74) is 2.08. The zero-order chi connectivity index (χ0) is 15.8. The number of nitrogens with one attached hydrogen (secondary N) is 1. The molecule has 0 unspecified atom stereocenters. The zero-order valence-electron chi connectivity index (χ0n) is 12.3. The van der Waals surface area contributed by atoms with Gasteiger partial charge >= 0.3 is 12.0 Å². The molecule has 0 bridgehead atoms. The summed E-state index contributed by atoms with van der Waals surface area (Å²) in [7, 11) is 1.60. The second-order valence-corrected chi connectivity index (χ2v) is 4.88. The monoisotopic (exact) mass is 292 g/mol. The molecule has 1 aromatic rings. The molecular formula is C15H20N2O4. The fourth-order valence-corrected chi connectivity index (χ4v) is 1.79. The van der Waals surface area contributed by atoms with Crippen molar-refractivity contribution in [1.29, 1.82) is 0 Å². The van der Waals surface area contributed by atoms with Crippen molar-refractivity contribution in [3.63, 3.8) is 0 Å². The molecule has 0 saturated carbocycles. The van der Waals surface area contributed by atoms with E-state index in [2.05, 4.69) is 5.32 Å². The fourth-order valence-electron chi connectivity index (χ4n) is 1.79.